The van der Waals surface area contributed by atoms with Crippen LogP contribution in [0.3, 0.4) is 0 Å². The fourth-order valence-electron chi connectivity index (χ4n) is 3.06. The zero-order chi connectivity index (χ0) is 21.2. The Labute approximate surface area is 178 Å². The van der Waals surface area contributed by atoms with E-state index in [0.29, 0.717) is 18.4 Å². The number of aliphatic hydroxyl groups excluding tert-OH is 2. The van der Waals surface area contributed by atoms with Crippen LogP contribution in [0.25, 0.3) is 0 Å². The summed E-state index contributed by atoms with van der Waals surface area (Å²) in [6, 6.07) is 4.11. The zero-order valence-electron chi connectivity index (χ0n) is 17.6. The molecule has 0 heterocycles. The number of benzene rings is 1. The molecule has 8 heteroatoms. The molecule has 0 fully saturated rings. The molecule has 0 aliphatic rings. The summed E-state index contributed by atoms with van der Waals surface area (Å²) in [6.07, 6.45) is 1.12. The number of likely N-dealkylation sites (N-methyl/N-ethyl adjacent to an activating group) is 1. The Hall–Kier alpha value is -1.02. The minimum absolute atomic E-state index is 0. The minimum Gasteiger partial charge on any atom is -0.493 e. The van der Waals surface area contributed by atoms with Crippen LogP contribution >= 0.6 is 12.4 Å². The van der Waals surface area contributed by atoms with Crippen molar-refractivity contribution in [1.82, 2.24) is 4.90 Å². The van der Waals surface area contributed by atoms with Crippen molar-refractivity contribution < 1.29 is 28.1 Å². The lowest BCUT2D eigenvalue weighted by Gasteiger charge is -2.36. The Bertz CT molecular complexity index is 579. The summed E-state index contributed by atoms with van der Waals surface area (Å²) in [6.45, 7) is 1.83. The molecule has 0 saturated carbocycles. The Balaban J connectivity index is 0.00000784. The molecule has 2 N–H and O–H groups in total. The van der Waals surface area contributed by atoms with E-state index in [2.05, 4.69) is 6.92 Å². The third kappa shape index (κ3) is 8.70. The van der Waals surface area contributed by atoms with Crippen LogP contribution in [0, 0.1) is 0 Å². The molecule has 0 unspecified atom stereocenters. The van der Waals surface area contributed by atoms with Crippen molar-refractivity contribution in [2.75, 3.05) is 33.9 Å². The van der Waals surface area contributed by atoms with Crippen molar-refractivity contribution in [2.45, 2.75) is 63.6 Å². The van der Waals surface area contributed by atoms with E-state index in [1.807, 2.05) is 0 Å². The topological polar surface area (TPSA) is 52.9 Å². The fourth-order valence-corrected chi connectivity index (χ4v) is 3.06. The molecule has 1 aromatic carbocycles. The highest BCUT2D eigenvalue weighted by atomic mass is 35.5. The molecule has 0 aliphatic heterocycles. The molecular formula is C21H35ClF3NO3. The SMILES string of the molecule is CCCCCCCOc1ccc(CCC(CO)(CO)N(C)C)cc1C(F)(F)F.Cl. The van der Waals surface area contributed by atoms with Gasteiger partial charge in [-0.15, -0.1) is 12.4 Å². The van der Waals surface area contributed by atoms with E-state index < -0.39 is 17.3 Å². The van der Waals surface area contributed by atoms with Gasteiger partial charge in [0.05, 0.1) is 30.9 Å². The monoisotopic (exact) mass is 441 g/mol. The number of unbranched alkanes of at least 4 members (excludes halogenated alkanes) is 4. The van der Waals surface area contributed by atoms with Crippen LogP contribution in [-0.4, -0.2) is 54.6 Å². The summed E-state index contributed by atoms with van der Waals surface area (Å²) in [7, 11) is 3.45. The number of hydrogen-bond acceptors (Lipinski definition) is 4. The summed E-state index contributed by atoms with van der Waals surface area (Å²) in [5.41, 5.74) is -1.15. The van der Waals surface area contributed by atoms with E-state index in [-0.39, 0.29) is 38.0 Å². The highest BCUT2D eigenvalue weighted by Crippen LogP contribution is 2.37. The summed E-state index contributed by atoms with van der Waals surface area (Å²) in [4.78, 5) is 1.70. The van der Waals surface area contributed by atoms with Gasteiger partial charge in [0.25, 0.3) is 0 Å². The number of aliphatic hydroxyl groups is 2. The third-order valence-electron chi connectivity index (χ3n) is 5.27. The van der Waals surface area contributed by atoms with Gasteiger partial charge in [0, 0.05) is 0 Å². The average molecular weight is 442 g/mol. The second-order valence-electron chi connectivity index (χ2n) is 7.53. The molecule has 170 valence electrons. The van der Waals surface area contributed by atoms with Gasteiger partial charge in [-0.3, -0.25) is 4.90 Å². The van der Waals surface area contributed by atoms with Crippen molar-refractivity contribution in [3.05, 3.63) is 29.3 Å². The number of ether oxygens (including phenoxy) is 1. The van der Waals surface area contributed by atoms with Gasteiger partial charge in [-0.25, -0.2) is 0 Å². The van der Waals surface area contributed by atoms with Gasteiger partial charge in [0.2, 0.25) is 0 Å². The Kier molecular flexibility index (Phi) is 12.8. The van der Waals surface area contributed by atoms with Crippen LogP contribution in [0.5, 0.6) is 5.75 Å². The second-order valence-corrected chi connectivity index (χ2v) is 7.53. The summed E-state index contributed by atoms with van der Waals surface area (Å²) < 4.78 is 45.8. The summed E-state index contributed by atoms with van der Waals surface area (Å²) in [5.74, 6) is -0.144. The maximum absolute atomic E-state index is 13.5. The smallest absolute Gasteiger partial charge is 0.419 e. The predicted molar refractivity (Wildman–Crippen MR) is 112 cm³/mol. The first-order valence-electron chi connectivity index (χ1n) is 9.92. The van der Waals surface area contributed by atoms with Crippen molar-refractivity contribution in [2.24, 2.45) is 0 Å². The van der Waals surface area contributed by atoms with E-state index in [1.54, 1.807) is 25.1 Å². The van der Waals surface area contributed by atoms with Crippen LogP contribution in [0.1, 0.15) is 56.6 Å². The summed E-state index contributed by atoms with van der Waals surface area (Å²) >= 11 is 0. The van der Waals surface area contributed by atoms with E-state index in [1.165, 1.54) is 6.07 Å². The van der Waals surface area contributed by atoms with Gasteiger partial charge in [-0.05, 0) is 51.1 Å². The number of nitrogens with zero attached hydrogens (tertiary/aromatic N) is 1. The first-order valence-corrected chi connectivity index (χ1v) is 9.92. The maximum Gasteiger partial charge on any atom is 0.419 e. The van der Waals surface area contributed by atoms with Crippen molar-refractivity contribution in [1.29, 1.82) is 0 Å². The molecular weight excluding hydrogens is 407 g/mol. The molecule has 0 aromatic heterocycles. The lowest BCUT2D eigenvalue weighted by atomic mass is 9.91. The predicted octanol–water partition coefficient (Wildman–Crippen LogP) is 4.69. The Morgan fingerprint density at radius 1 is 1.00 bits per heavy atom. The van der Waals surface area contributed by atoms with E-state index in [9.17, 15) is 23.4 Å². The van der Waals surface area contributed by atoms with Gasteiger partial charge >= 0.3 is 6.18 Å². The summed E-state index contributed by atoms with van der Waals surface area (Å²) in [5, 5.41) is 19.3. The molecule has 0 bridgehead atoms. The molecule has 0 aliphatic carbocycles. The highest BCUT2D eigenvalue weighted by Gasteiger charge is 2.35. The lowest BCUT2D eigenvalue weighted by molar-refractivity contribution is -0.139. The van der Waals surface area contributed by atoms with Crippen molar-refractivity contribution in [3.63, 3.8) is 0 Å². The number of aryl methyl sites for hydroxylation is 1. The minimum atomic E-state index is -4.50. The Morgan fingerprint density at radius 2 is 1.62 bits per heavy atom. The van der Waals surface area contributed by atoms with Gasteiger partial charge in [0.15, 0.2) is 0 Å². The number of alkyl halides is 3. The molecule has 0 saturated heterocycles. The molecule has 0 spiro atoms. The first-order chi connectivity index (χ1) is 13.2. The van der Waals surface area contributed by atoms with Gasteiger partial charge in [0.1, 0.15) is 5.75 Å². The van der Waals surface area contributed by atoms with Crippen LogP contribution in [0.4, 0.5) is 13.2 Å². The van der Waals surface area contributed by atoms with Gasteiger partial charge in [-0.2, -0.15) is 13.2 Å². The van der Waals surface area contributed by atoms with Crippen molar-refractivity contribution in [3.8, 4) is 5.75 Å². The first kappa shape index (κ1) is 28.0. The highest BCUT2D eigenvalue weighted by molar-refractivity contribution is 5.85. The largest absolute Gasteiger partial charge is 0.493 e. The number of rotatable bonds is 13. The third-order valence-corrected chi connectivity index (χ3v) is 5.27. The van der Waals surface area contributed by atoms with E-state index in [4.69, 9.17) is 4.74 Å². The molecule has 4 nitrogen and oxygen atoms in total. The molecule has 29 heavy (non-hydrogen) atoms. The average Bonchev–Trinajstić information content (AvgIpc) is 2.65. The van der Waals surface area contributed by atoms with Crippen LogP contribution in [-0.2, 0) is 12.6 Å². The zero-order valence-corrected chi connectivity index (χ0v) is 18.4. The number of hydrogen-bond donors (Lipinski definition) is 2. The number of halogens is 4. The fraction of sp³-hybridized carbons (Fsp3) is 0.714. The van der Waals surface area contributed by atoms with Gasteiger partial charge in [-0.1, -0.05) is 38.7 Å². The normalized spacial score (nSPS) is 12.2. The van der Waals surface area contributed by atoms with Crippen LogP contribution in [0.2, 0.25) is 0 Å². The molecule has 1 rings (SSSR count). The molecule has 0 radical (unpaired) electrons. The molecule has 0 amide bonds. The van der Waals surface area contributed by atoms with Crippen molar-refractivity contribution >= 4 is 12.4 Å². The van der Waals surface area contributed by atoms with Gasteiger partial charge < -0.3 is 14.9 Å². The van der Waals surface area contributed by atoms with Crippen LogP contribution in [0.15, 0.2) is 18.2 Å². The molecule has 1 aromatic rings. The van der Waals surface area contributed by atoms with E-state index in [0.717, 1.165) is 38.2 Å². The Morgan fingerprint density at radius 3 is 2.14 bits per heavy atom. The second kappa shape index (κ2) is 13.3. The maximum atomic E-state index is 13.5. The molecule has 0 atom stereocenters. The standard InChI is InChI=1S/C21H34F3NO3.ClH/c1-4-5-6-7-8-13-28-19-10-9-17(14-18(19)21(22,23)24)11-12-20(15-26,16-27)25(2)3;/h9-10,14,26-27H,4-8,11-13,15-16H2,1-3H3;1H. The lowest BCUT2D eigenvalue weighted by Crippen LogP contribution is -2.51. The van der Waals surface area contributed by atoms with E-state index >= 15 is 0 Å². The van der Waals surface area contributed by atoms with Crippen LogP contribution < -0.4 is 4.74 Å². The quantitative estimate of drug-likeness (QED) is 0.436.